The molecule has 0 bridgehead atoms. The number of carbonyl (C=O) groups is 2. The Kier molecular flexibility index (Phi) is 3.72. The van der Waals surface area contributed by atoms with Crippen molar-refractivity contribution in [2.45, 2.75) is 12.6 Å². The van der Waals surface area contributed by atoms with Gasteiger partial charge in [-0.1, -0.05) is 24.3 Å². The van der Waals surface area contributed by atoms with Gasteiger partial charge in [-0.15, -0.1) is 0 Å². The third kappa shape index (κ3) is 2.77. The van der Waals surface area contributed by atoms with Gasteiger partial charge in [0.15, 0.2) is 0 Å². The van der Waals surface area contributed by atoms with Crippen LogP contribution >= 0.6 is 0 Å². The Morgan fingerprint density at radius 1 is 1.21 bits per heavy atom. The quantitative estimate of drug-likeness (QED) is 0.767. The molecule has 0 aromatic heterocycles. The summed E-state index contributed by atoms with van der Waals surface area (Å²) >= 11 is 0. The van der Waals surface area contributed by atoms with Gasteiger partial charge in [0.05, 0.1) is 5.92 Å². The molecular weight excluding hydrogens is 387 g/mol. The fourth-order valence-corrected chi connectivity index (χ4v) is 4.93. The maximum Gasteiger partial charge on any atom is 0.491 e. The van der Waals surface area contributed by atoms with Crippen molar-refractivity contribution in [3.63, 3.8) is 0 Å². The van der Waals surface area contributed by atoms with Gasteiger partial charge in [-0.25, -0.2) is 4.79 Å². The van der Waals surface area contributed by atoms with Crippen LogP contribution in [0.25, 0.3) is 0 Å². The molecule has 4 atom stereocenters. The number of rotatable bonds is 2. The molecule has 1 N–H and O–H groups in total. The number of carbonyl (C=O) groups excluding carboxylic acids is 1. The van der Waals surface area contributed by atoms with Crippen molar-refractivity contribution in [1.82, 2.24) is 0 Å². The Morgan fingerprint density at radius 2 is 1.97 bits per heavy atom. The maximum atomic E-state index is 12.6. The fraction of sp³-hybridized carbons (Fsp3) is 0.333. The predicted octanol–water partition coefficient (Wildman–Crippen LogP) is 3.44. The number of alkyl halides is 3. The second-order valence-electron chi connectivity index (χ2n) is 7.74. The van der Waals surface area contributed by atoms with E-state index in [1.54, 1.807) is 6.08 Å². The van der Waals surface area contributed by atoms with Gasteiger partial charge in [-0.3, -0.25) is 4.79 Å². The van der Waals surface area contributed by atoms with E-state index in [1.165, 1.54) is 12.2 Å². The van der Waals surface area contributed by atoms with E-state index in [-0.39, 0.29) is 23.5 Å². The maximum absolute atomic E-state index is 12.6. The standard InChI is InChI=1S/C21H16F3NO4/c22-21(23,24)20(28)29-11-5-6-12-13(8-11)16-7-10-3-1-2-4-15(10)25(16)9-14-17(12)18(14)19(26)27/h1-6,8,12,14,17-18H,7,9H2,(H,26,27). The molecule has 0 amide bonds. The molecule has 5 nitrogen and oxygen atoms in total. The highest BCUT2D eigenvalue weighted by Gasteiger charge is 2.61. The van der Waals surface area contributed by atoms with Crippen molar-refractivity contribution in [3.05, 3.63) is 65.1 Å². The lowest BCUT2D eigenvalue weighted by Crippen LogP contribution is -2.26. The average molecular weight is 403 g/mol. The highest BCUT2D eigenvalue weighted by molar-refractivity contribution is 5.78. The second-order valence-corrected chi connectivity index (χ2v) is 7.74. The zero-order valence-electron chi connectivity index (χ0n) is 15.0. The molecular formula is C21H16F3NO4. The minimum atomic E-state index is -5.08. The number of carboxylic acids is 1. The number of allylic oxidation sites excluding steroid dienone is 5. The average Bonchev–Trinajstić information content (AvgIpc) is 3.29. The molecule has 2 aliphatic carbocycles. The topological polar surface area (TPSA) is 66.8 Å². The van der Waals surface area contributed by atoms with Crippen molar-refractivity contribution >= 4 is 17.6 Å². The van der Waals surface area contributed by atoms with Crippen LogP contribution in [0.4, 0.5) is 18.9 Å². The summed E-state index contributed by atoms with van der Waals surface area (Å²) in [6, 6.07) is 7.77. The van der Waals surface area contributed by atoms with Crippen LogP contribution in [-0.4, -0.2) is 29.8 Å². The van der Waals surface area contributed by atoms with E-state index in [0.717, 1.165) is 22.5 Å². The summed E-state index contributed by atoms with van der Waals surface area (Å²) in [5.41, 5.74) is 3.72. The number of hydrogen-bond acceptors (Lipinski definition) is 4. The number of hydrogen-bond donors (Lipinski definition) is 1. The lowest BCUT2D eigenvalue weighted by atomic mass is 9.86. The lowest BCUT2D eigenvalue weighted by molar-refractivity contribution is -0.194. The minimum absolute atomic E-state index is 0.0477. The summed E-state index contributed by atoms with van der Waals surface area (Å²) in [4.78, 5) is 25.0. The molecule has 8 heteroatoms. The second kappa shape index (κ2) is 5.98. The van der Waals surface area contributed by atoms with Crippen molar-refractivity contribution in [1.29, 1.82) is 0 Å². The summed E-state index contributed by atoms with van der Waals surface area (Å²) in [6.45, 7) is 0.549. The summed E-state index contributed by atoms with van der Waals surface area (Å²) in [7, 11) is 0. The van der Waals surface area contributed by atoms with E-state index in [1.807, 2.05) is 24.3 Å². The van der Waals surface area contributed by atoms with Crippen LogP contribution in [0.2, 0.25) is 0 Å². The molecule has 0 spiro atoms. The Morgan fingerprint density at radius 3 is 2.69 bits per heavy atom. The summed E-state index contributed by atoms with van der Waals surface area (Å²) < 4.78 is 42.3. The zero-order valence-corrected chi connectivity index (χ0v) is 15.0. The number of halogens is 3. The third-order valence-corrected chi connectivity index (χ3v) is 6.19. The van der Waals surface area contributed by atoms with Crippen molar-refractivity contribution in [3.8, 4) is 0 Å². The van der Waals surface area contributed by atoms with Crippen molar-refractivity contribution in [2.75, 3.05) is 11.4 Å². The normalized spacial score (nSPS) is 29.2. The van der Waals surface area contributed by atoms with E-state index in [4.69, 9.17) is 0 Å². The number of nitrogens with zero attached hydrogens (tertiary/aromatic N) is 1. The molecule has 150 valence electrons. The highest BCUT2D eigenvalue weighted by Crippen LogP contribution is 2.59. The number of benzene rings is 1. The highest BCUT2D eigenvalue weighted by atomic mass is 19.4. The first-order chi connectivity index (χ1) is 13.8. The SMILES string of the molecule is O=C(O)C1C2CN3C(=C4C=C(OC(=O)C(F)(F)F)C=CC4C21)Cc1ccccc13. The Bertz CT molecular complexity index is 1020. The van der Waals surface area contributed by atoms with E-state index in [2.05, 4.69) is 9.64 Å². The number of esters is 1. The number of carboxylic acid groups (broad SMARTS) is 1. The van der Waals surface area contributed by atoms with Gasteiger partial charge >= 0.3 is 18.1 Å². The molecule has 2 aliphatic heterocycles. The van der Waals surface area contributed by atoms with E-state index in [9.17, 15) is 27.9 Å². The van der Waals surface area contributed by atoms with Crippen molar-refractivity contribution < 1.29 is 32.6 Å². The molecule has 1 aromatic rings. The van der Waals surface area contributed by atoms with Crippen LogP contribution in [0, 0.1) is 23.7 Å². The van der Waals surface area contributed by atoms with Crippen LogP contribution in [0.1, 0.15) is 5.56 Å². The van der Waals surface area contributed by atoms with Crippen LogP contribution < -0.4 is 4.90 Å². The van der Waals surface area contributed by atoms with E-state index in [0.29, 0.717) is 13.0 Å². The molecule has 2 heterocycles. The van der Waals surface area contributed by atoms with Crippen molar-refractivity contribution in [2.24, 2.45) is 23.7 Å². The van der Waals surface area contributed by atoms with Gasteiger partial charge in [0, 0.05) is 30.3 Å². The molecule has 0 radical (unpaired) electrons. The fourth-order valence-electron chi connectivity index (χ4n) is 4.93. The molecule has 1 aromatic carbocycles. The molecule has 5 rings (SSSR count). The van der Waals surface area contributed by atoms with Gasteiger partial charge < -0.3 is 14.7 Å². The van der Waals surface area contributed by atoms with E-state index < -0.39 is 24.0 Å². The Balaban J connectivity index is 1.57. The molecule has 1 fully saturated rings. The van der Waals surface area contributed by atoms with Crippen LogP contribution in [0.15, 0.2) is 59.5 Å². The molecule has 4 unspecified atom stereocenters. The van der Waals surface area contributed by atoms with E-state index >= 15 is 0 Å². The zero-order chi connectivity index (χ0) is 20.5. The Labute approximate surface area is 163 Å². The first-order valence-electron chi connectivity index (χ1n) is 9.26. The third-order valence-electron chi connectivity index (χ3n) is 6.19. The predicted molar refractivity (Wildman–Crippen MR) is 95.5 cm³/mol. The summed E-state index contributed by atoms with van der Waals surface area (Å²) in [5, 5.41) is 9.59. The Hall–Kier alpha value is -3.03. The number of fused-ring (bicyclic) bond motifs is 6. The number of para-hydroxylation sites is 1. The van der Waals surface area contributed by atoms with Crippen LogP contribution in [0.3, 0.4) is 0 Å². The van der Waals surface area contributed by atoms with Crippen LogP contribution in [0.5, 0.6) is 0 Å². The smallest absolute Gasteiger partial charge is 0.481 e. The van der Waals surface area contributed by atoms with Gasteiger partial charge in [0.2, 0.25) is 0 Å². The summed E-state index contributed by atoms with van der Waals surface area (Å²) in [6.07, 6.45) is -0.0105. The first-order valence-corrected chi connectivity index (χ1v) is 9.26. The first kappa shape index (κ1) is 18.0. The number of aliphatic carboxylic acids is 1. The lowest BCUT2D eigenvalue weighted by Gasteiger charge is -2.25. The minimum Gasteiger partial charge on any atom is -0.481 e. The molecule has 0 saturated heterocycles. The number of ether oxygens (including phenoxy) is 1. The monoisotopic (exact) mass is 403 g/mol. The van der Waals surface area contributed by atoms with Gasteiger partial charge in [0.25, 0.3) is 0 Å². The van der Waals surface area contributed by atoms with Gasteiger partial charge in [-0.05, 0) is 41.2 Å². The molecule has 1 saturated carbocycles. The van der Waals surface area contributed by atoms with Gasteiger partial charge in [-0.2, -0.15) is 13.2 Å². The number of anilines is 1. The molecule has 4 aliphatic rings. The summed E-state index contributed by atoms with van der Waals surface area (Å²) in [5.74, 6) is -4.22. The largest absolute Gasteiger partial charge is 0.491 e. The molecule has 29 heavy (non-hydrogen) atoms. The van der Waals surface area contributed by atoms with Crippen LogP contribution in [-0.2, 0) is 20.7 Å². The van der Waals surface area contributed by atoms with Gasteiger partial charge in [0.1, 0.15) is 5.76 Å².